The summed E-state index contributed by atoms with van der Waals surface area (Å²) in [6, 6.07) is 6.72. The molecule has 0 aliphatic heterocycles. The van der Waals surface area contributed by atoms with E-state index in [1.807, 2.05) is 0 Å². The van der Waals surface area contributed by atoms with Crippen LogP contribution in [-0.4, -0.2) is 18.6 Å². The van der Waals surface area contributed by atoms with Crippen LogP contribution >= 0.6 is 18.7 Å². The van der Waals surface area contributed by atoms with Gasteiger partial charge in [-0.2, -0.15) is 0 Å². The Morgan fingerprint density at radius 1 is 1.31 bits per heavy atom. The van der Waals surface area contributed by atoms with Crippen LogP contribution in [0, 0.1) is 0 Å². The van der Waals surface area contributed by atoms with Crippen molar-refractivity contribution in [2.75, 3.05) is 13.3 Å². The van der Waals surface area contributed by atoms with Crippen LogP contribution in [0.3, 0.4) is 0 Å². The van der Waals surface area contributed by atoms with Gasteiger partial charge in [0.1, 0.15) is 7.14 Å². The maximum Gasteiger partial charge on any atom is 0.253 e. The number of halogens is 1. The topological polar surface area (TPSA) is 34.1 Å². The van der Waals surface area contributed by atoms with E-state index >= 15 is 0 Å². The Labute approximate surface area is 82.3 Å². The molecular formula is C9H10ClO2P. The molecule has 0 heterocycles. The van der Waals surface area contributed by atoms with E-state index < -0.39 is 12.4 Å². The van der Waals surface area contributed by atoms with E-state index in [0.29, 0.717) is 10.9 Å². The minimum atomic E-state index is -2.41. The summed E-state index contributed by atoms with van der Waals surface area (Å²) in [6.45, 7) is 3.23. The van der Waals surface area contributed by atoms with Crippen LogP contribution < -0.4 is 5.30 Å². The molecule has 0 bridgehead atoms. The van der Waals surface area contributed by atoms with Crippen LogP contribution in [0.4, 0.5) is 0 Å². The molecule has 0 unspecified atom stereocenters. The molecule has 0 aliphatic carbocycles. The first-order valence-corrected chi connectivity index (χ1v) is 6.75. The summed E-state index contributed by atoms with van der Waals surface area (Å²) >= 11 is 5.35. The van der Waals surface area contributed by atoms with Gasteiger partial charge in [0, 0.05) is 10.9 Å². The zero-order valence-electron chi connectivity index (χ0n) is 7.45. The van der Waals surface area contributed by atoms with Gasteiger partial charge in [0.05, 0.1) is 0 Å². The van der Waals surface area contributed by atoms with Gasteiger partial charge in [-0.3, -0.25) is 4.79 Å². The largest absolute Gasteiger partial charge is 0.319 e. The van der Waals surface area contributed by atoms with Crippen molar-refractivity contribution in [3.8, 4) is 0 Å². The van der Waals surface area contributed by atoms with Gasteiger partial charge in [-0.1, -0.05) is 18.2 Å². The molecule has 0 amide bonds. The van der Waals surface area contributed by atoms with Crippen molar-refractivity contribution in [3.05, 3.63) is 29.8 Å². The molecule has 0 aliphatic rings. The number of hydrogen-bond donors (Lipinski definition) is 0. The molecule has 0 N–H and O–H groups in total. The van der Waals surface area contributed by atoms with Crippen LogP contribution in [0.5, 0.6) is 0 Å². The Hall–Kier alpha value is -0.590. The normalized spacial score (nSPS) is 11.3. The van der Waals surface area contributed by atoms with E-state index in [0.717, 1.165) is 0 Å². The van der Waals surface area contributed by atoms with E-state index in [4.69, 9.17) is 11.6 Å². The second-order valence-electron chi connectivity index (χ2n) is 3.14. The van der Waals surface area contributed by atoms with Gasteiger partial charge in [0.25, 0.3) is 5.24 Å². The monoisotopic (exact) mass is 216 g/mol. The Morgan fingerprint density at radius 3 is 2.23 bits per heavy atom. The van der Waals surface area contributed by atoms with Gasteiger partial charge in [-0.05, 0) is 31.0 Å². The van der Waals surface area contributed by atoms with Crippen molar-refractivity contribution in [2.24, 2.45) is 0 Å². The van der Waals surface area contributed by atoms with Crippen molar-refractivity contribution in [2.45, 2.75) is 0 Å². The van der Waals surface area contributed by atoms with Gasteiger partial charge in [-0.25, -0.2) is 0 Å². The van der Waals surface area contributed by atoms with Crippen molar-refractivity contribution in [1.29, 1.82) is 0 Å². The average Bonchev–Trinajstić information content (AvgIpc) is 2.03. The fraction of sp³-hybridized carbons (Fsp3) is 0.222. The highest BCUT2D eigenvalue weighted by molar-refractivity contribution is 7.70. The molecular weight excluding hydrogens is 207 g/mol. The lowest BCUT2D eigenvalue weighted by Gasteiger charge is -2.09. The van der Waals surface area contributed by atoms with E-state index in [-0.39, 0.29) is 0 Å². The molecule has 0 spiro atoms. The maximum atomic E-state index is 11.7. The highest BCUT2D eigenvalue weighted by Crippen LogP contribution is 2.36. The predicted molar refractivity (Wildman–Crippen MR) is 55.7 cm³/mol. The van der Waals surface area contributed by atoms with E-state index in [2.05, 4.69) is 0 Å². The third kappa shape index (κ3) is 2.43. The first-order valence-electron chi connectivity index (χ1n) is 3.77. The Kier molecular flexibility index (Phi) is 2.94. The first kappa shape index (κ1) is 10.5. The zero-order chi connectivity index (χ0) is 10.1. The number of carbonyl (C=O) groups excluding carboxylic acids is 1. The second kappa shape index (κ2) is 3.65. The molecule has 1 rings (SSSR count). The first-order chi connectivity index (χ1) is 5.93. The molecule has 0 radical (unpaired) electrons. The van der Waals surface area contributed by atoms with E-state index in [1.165, 1.54) is 0 Å². The van der Waals surface area contributed by atoms with Gasteiger partial charge >= 0.3 is 0 Å². The summed E-state index contributed by atoms with van der Waals surface area (Å²) in [4.78, 5) is 11.0. The Bertz CT molecular complexity index is 381. The smallest absolute Gasteiger partial charge is 0.253 e. The Balaban J connectivity index is 3.37. The Morgan fingerprint density at radius 2 is 1.85 bits per heavy atom. The van der Waals surface area contributed by atoms with Crippen molar-refractivity contribution in [1.82, 2.24) is 0 Å². The third-order valence-electron chi connectivity index (χ3n) is 1.70. The average molecular weight is 217 g/mol. The van der Waals surface area contributed by atoms with E-state index in [1.54, 1.807) is 37.6 Å². The zero-order valence-corrected chi connectivity index (χ0v) is 9.10. The standard InChI is InChI=1S/C9H10ClO2P/c1-13(2,12)8-6-4-3-5-7(8)9(10)11/h3-6H,1-2H3. The minimum absolute atomic E-state index is 0.345. The van der Waals surface area contributed by atoms with Gasteiger partial charge < -0.3 is 4.57 Å². The SMILES string of the molecule is CP(C)(=O)c1ccccc1C(=O)Cl. The lowest BCUT2D eigenvalue weighted by atomic mass is 10.2. The van der Waals surface area contributed by atoms with Crippen LogP contribution in [-0.2, 0) is 4.57 Å². The summed E-state index contributed by atoms with van der Waals surface area (Å²) in [6.07, 6.45) is 0. The molecule has 70 valence electrons. The molecule has 1 aromatic carbocycles. The quantitative estimate of drug-likeness (QED) is 0.562. The molecule has 4 heteroatoms. The molecule has 0 aromatic heterocycles. The molecule has 2 nitrogen and oxygen atoms in total. The lowest BCUT2D eigenvalue weighted by Crippen LogP contribution is -2.11. The second-order valence-corrected chi connectivity index (χ2v) is 6.67. The summed E-state index contributed by atoms with van der Waals surface area (Å²) in [5.41, 5.74) is 0.345. The van der Waals surface area contributed by atoms with Crippen LogP contribution in [0.2, 0.25) is 0 Å². The molecule has 1 aromatic rings. The molecule has 0 saturated carbocycles. The fourth-order valence-corrected chi connectivity index (χ4v) is 2.54. The minimum Gasteiger partial charge on any atom is -0.319 e. The predicted octanol–water partition coefficient (Wildman–Crippen LogP) is 2.31. The third-order valence-corrected chi connectivity index (χ3v) is 3.45. The number of carbonyl (C=O) groups is 1. The number of rotatable bonds is 2. The van der Waals surface area contributed by atoms with Gasteiger partial charge in [0.15, 0.2) is 0 Å². The highest BCUT2D eigenvalue weighted by atomic mass is 35.5. The number of benzene rings is 1. The van der Waals surface area contributed by atoms with Crippen molar-refractivity contribution in [3.63, 3.8) is 0 Å². The molecule has 0 fully saturated rings. The van der Waals surface area contributed by atoms with Crippen LogP contribution in [0.15, 0.2) is 24.3 Å². The molecule has 0 atom stereocenters. The fourth-order valence-electron chi connectivity index (χ4n) is 1.11. The summed E-state index contributed by atoms with van der Waals surface area (Å²) < 4.78 is 11.7. The summed E-state index contributed by atoms with van der Waals surface area (Å²) in [5.74, 6) is 0. The van der Waals surface area contributed by atoms with Gasteiger partial charge in [-0.15, -0.1) is 0 Å². The molecule has 13 heavy (non-hydrogen) atoms. The highest BCUT2D eigenvalue weighted by Gasteiger charge is 2.18. The lowest BCUT2D eigenvalue weighted by molar-refractivity contribution is 0.108. The summed E-state index contributed by atoms with van der Waals surface area (Å²) in [7, 11) is -2.41. The van der Waals surface area contributed by atoms with Crippen LogP contribution in [0.1, 0.15) is 10.4 Å². The molecule has 0 saturated heterocycles. The number of hydrogen-bond acceptors (Lipinski definition) is 2. The van der Waals surface area contributed by atoms with Gasteiger partial charge in [0.2, 0.25) is 0 Å². The van der Waals surface area contributed by atoms with E-state index in [9.17, 15) is 9.36 Å². The van der Waals surface area contributed by atoms with Crippen LogP contribution in [0.25, 0.3) is 0 Å². The summed E-state index contributed by atoms with van der Waals surface area (Å²) in [5, 5.41) is -0.00507. The van der Waals surface area contributed by atoms with Crippen molar-refractivity contribution < 1.29 is 9.36 Å². The van der Waals surface area contributed by atoms with Crippen molar-refractivity contribution >= 4 is 29.3 Å². The maximum absolute atomic E-state index is 11.7.